The molecule has 0 bridgehead atoms. The molecule has 4 heteroatoms. The van der Waals surface area contributed by atoms with Gasteiger partial charge in [-0.15, -0.1) is 0 Å². The number of carbonyl (C=O) groups excluding carboxylic acids is 1. The van der Waals surface area contributed by atoms with Gasteiger partial charge in [0.15, 0.2) is 11.5 Å². The lowest BCUT2D eigenvalue weighted by molar-refractivity contribution is -0.117. The number of benzene rings is 2. The highest BCUT2D eigenvalue weighted by atomic mass is 16.5. The third-order valence-corrected chi connectivity index (χ3v) is 6.71. The molecule has 1 saturated carbocycles. The number of aryl methyl sites for hydroxylation is 1. The van der Waals surface area contributed by atoms with Crippen molar-refractivity contribution in [3.8, 4) is 11.5 Å². The summed E-state index contributed by atoms with van der Waals surface area (Å²) in [5.41, 5.74) is 3.26. The Bertz CT molecular complexity index is 909. The average Bonchev–Trinajstić information content (AvgIpc) is 2.84. The molecule has 1 amide bonds. The van der Waals surface area contributed by atoms with Gasteiger partial charge < -0.3 is 14.8 Å². The zero-order chi connectivity index (χ0) is 24.0. The number of amides is 1. The first-order valence-corrected chi connectivity index (χ1v) is 13.0. The first kappa shape index (κ1) is 25.9. The van der Waals surface area contributed by atoms with Crippen molar-refractivity contribution in [2.75, 3.05) is 7.11 Å². The van der Waals surface area contributed by atoms with Crippen molar-refractivity contribution in [2.45, 2.75) is 90.2 Å². The maximum Gasteiger partial charge on any atom is 0.244 e. The smallest absolute Gasteiger partial charge is 0.244 e. The molecule has 184 valence electrons. The van der Waals surface area contributed by atoms with Crippen LogP contribution in [0.4, 0.5) is 0 Å². The van der Waals surface area contributed by atoms with Crippen molar-refractivity contribution >= 4 is 12.0 Å². The highest BCUT2D eigenvalue weighted by Gasteiger charge is 2.12. The minimum absolute atomic E-state index is 0.0176. The Morgan fingerprint density at radius 2 is 1.56 bits per heavy atom. The van der Waals surface area contributed by atoms with E-state index in [1.165, 1.54) is 63.4 Å². The second-order valence-corrected chi connectivity index (χ2v) is 9.42. The van der Waals surface area contributed by atoms with E-state index >= 15 is 0 Å². The van der Waals surface area contributed by atoms with Gasteiger partial charge in [0, 0.05) is 12.1 Å². The van der Waals surface area contributed by atoms with Gasteiger partial charge in [-0.25, -0.2) is 0 Å². The number of carbonyl (C=O) groups is 1. The molecular weight excluding hydrogens is 422 g/mol. The summed E-state index contributed by atoms with van der Waals surface area (Å²) in [7, 11) is 1.64. The van der Waals surface area contributed by atoms with Crippen LogP contribution in [-0.2, 0) is 11.4 Å². The number of methoxy groups -OCH3 is 1. The van der Waals surface area contributed by atoms with Crippen molar-refractivity contribution in [1.82, 2.24) is 5.32 Å². The number of ether oxygens (including phenoxy) is 2. The Morgan fingerprint density at radius 3 is 2.21 bits per heavy atom. The first-order chi connectivity index (χ1) is 16.7. The van der Waals surface area contributed by atoms with E-state index in [2.05, 4.69) is 24.4 Å². The van der Waals surface area contributed by atoms with Crippen molar-refractivity contribution in [1.29, 1.82) is 0 Å². The molecular formula is C30H41NO3. The molecule has 2 aromatic rings. The summed E-state index contributed by atoms with van der Waals surface area (Å²) in [6.45, 7) is 2.57. The molecule has 3 rings (SSSR count). The lowest BCUT2D eigenvalue weighted by Gasteiger charge is -2.18. The van der Waals surface area contributed by atoms with E-state index in [0.717, 1.165) is 24.0 Å². The quantitative estimate of drug-likeness (QED) is 0.436. The van der Waals surface area contributed by atoms with Gasteiger partial charge in [0.1, 0.15) is 6.61 Å². The van der Waals surface area contributed by atoms with E-state index in [4.69, 9.17) is 9.47 Å². The molecule has 1 N–H and O–H groups in total. The summed E-state index contributed by atoms with van der Waals surface area (Å²) >= 11 is 0. The van der Waals surface area contributed by atoms with Crippen LogP contribution in [0.5, 0.6) is 11.5 Å². The van der Waals surface area contributed by atoms with E-state index in [-0.39, 0.29) is 11.9 Å². The number of nitrogens with one attached hydrogen (secondary N) is 1. The van der Waals surface area contributed by atoms with Crippen molar-refractivity contribution in [3.05, 3.63) is 65.2 Å². The Kier molecular flexibility index (Phi) is 11.0. The molecule has 1 aliphatic rings. The number of rotatable bonds is 7. The van der Waals surface area contributed by atoms with E-state index in [0.29, 0.717) is 18.1 Å². The van der Waals surface area contributed by atoms with E-state index in [1.807, 2.05) is 36.4 Å². The topological polar surface area (TPSA) is 47.6 Å². The van der Waals surface area contributed by atoms with Gasteiger partial charge >= 0.3 is 0 Å². The summed E-state index contributed by atoms with van der Waals surface area (Å²) < 4.78 is 11.5. The molecule has 0 atom stereocenters. The molecule has 0 heterocycles. The highest BCUT2D eigenvalue weighted by molar-refractivity contribution is 5.92. The summed E-state index contributed by atoms with van der Waals surface area (Å²) in [6.07, 6.45) is 17.4. The van der Waals surface area contributed by atoms with Crippen LogP contribution in [-0.4, -0.2) is 19.1 Å². The summed E-state index contributed by atoms with van der Waals surface area (Å²) in [4.78, 5) is 12.6. The molecule has 2 aromatic carbocycles. The Hall–Kier alpha value is -2.75. The van der Waals surface area contributed by atoms with Crippen molar-refractivity contribution < 1.29 is 14.3 Å². The molecule has 0 aromatic heterocycles. The van der Waals surface area contributed by atoms with Gasteiger partial charge in [0.25, 0.3) is 0 Å². The van der Waals surface area contributed by atoms with Crippen LogP contribution in [0.3, 0.4) is 0 Å². The lowest BCUT2D eigenvalue weighted by atomic mass is 9.98. The summed E-state index contributed by atoms with van der Waals surface area (Å²) in [6, 6.07) is 14.2. The van der Waals surface area contributed by atoms with Crippen LogP contribution in [0.1, 0.15) is 87.3 Å². The molecule has 0 saturated heterocycles. The zero-order valence-corrected chi connectivity index (χ0v) is 21.0. The van der Waals surface area contributed by atoms with Crippen LogP contribution < -0.4 is 14.8 Å². The van der Waals surface area contributed by atoms with Gasteiger partial charge in [-0.3, -0.25) is 4.79 Å². The largest absolute Gasteiger partial charge is 0.493 e. The molecule has 0 radical (unpaired) electrons. The van der Waals surface area contributed by atoms with Gasteiger partial charge in [-0.1, -0.05) is 88.1 Å². The van der Waals surface area contributed by atoms with Gasteiger partial charge in [0.2, 0.25) is 5.91 Å². The van der Waals surface area contributed by atoms with Crippen LogP contribution in [0.25, 0.3) is 6.08 Å². The third-order valence-electron chi connectivity index (χ3n) is 6.71. The average molecular weight is 464 g/mol. The molecule has 34 heavy (non-hydrogen) atoms. The Labute approximate surface area is 205 Å². The standard InChI is InChI=1S/C30H41NO3/c1-24-14-12-13-15-26(24)23-34-28-20-18-25(22-29(28)33-2)19-21-30(32)31-27-16-10-8-6-4-3-5-7-9-11-17-27/h12-15,18-22,27H,3-11,16-17,23H2,1-2H3,(H,31,32)/b21-19+. The number of hydrogen-bond acceptors (Lipinski definition) is 3. The Balaban J connectivity index is 1.54. The SMILES string of the molecule is COc1cc(/C=C/C(=O)NC2CCCCCCCCCCC2)ccc1OCc1ccccc1C. The van der Waals surface area contributed by atoms with Crippen LogP contribution in [0.2, 0.25) is 0 Å². The fourth-order valence-electron chi connectivity index (χ4n) is 4.56. The van der Waals surface area contributed by atoms with Gasteiger partial charge in [-0.05, 0) is 54.7 Å². The van der Waals surface area contributed by atoms with Crippen molar-refractivity contribution in [2.24, 2.45) is 0 Å². The predicted octanol–water partition coefficient (Wildman–Crippen LogP) is 7.39. The maximum atomic E-state index is 12.6. The van der Waals surface area contributed by atoms with Gasteiger partial charge in [0.05, 0.1) is 7.11 Å². The van der Waals surface area contributed by atoms with E-state index in [1.54, 1.807) is 13.2 Å². The highest BCUT2D eigenvalue weighted by Crippen LogP contribution is 2.29. The number of hydrogen-bond donors (Lipinski definition) is 1. The predicted molar refractivity (Wildman–Crippen MR) is 140 cm³/mol. The zero-order valence-electron chi connectivity index (χ0n) is 21.0. The molecule has 0 aliphatic heterocycles. The van der Waals surface area contributed by atoms with Gasteiger partial charge in [-0.2, -0.15) is 0 Å². The monoisotopic (exact) mass is 463 g/mol. The first-order valence-electron chi connectivity index (χ1n) is 13.0. The fraction of sp³-hybridized carbons (Fsp3) is 0.500. The molecule has 0 unspecified atom stereocenters. The molecule has 4 nitrogen and oxygen atoms in total. The third kappa shape index (κ3) is 8.89. The minimum Gasteiger partial charge on any atom is -0.493 e. The normalized spacial score (nSPS) is 16.4. The van der Waals surface area contributed by atoms with Crippen LogP contribution in [0.15, 0.2) is 48.5 Å². The Morgan fingerprint density at radius 1 is 0.912 bits per heavy atom. The molecule has 1 fully saturated rings. The second kappa shape index (κ2) is 14.5. The maximum absolute atomic E-state index is 12.6. The van der Waals surface area contributed by atoms with E-state index < -0.39 is 0 Å². The molecule has 0 spiro atoms. The minimum atomic E-state index is -0.0176. The lowest BCUT2D eigenvalue weighted by Crippen LogP contribution is -2.33. The van der Waals surface area contributed by atoms with E-state index in [9.17, 15) is 4.79 Å². The fourth-order valence-corrected chi connectivity index (χ4v) is 4.56. The second-order valence-electron chi connectivity index (χ2n) is 9.42. The van der Waals surface area contributed by atoms with Crippen LogP contribution >= 0.6 is 0 Å². The summed E-state index contributed by atoms with van der Waals surface area (Å²) in [5, 5.41) is 3.24. The van der Waals surface area contributed by atoms with Crippen LogP contribution in [0, 0.1) is 6.92 Å². The molecule has 1 aliphatic carbocycles. The summed E-state index contributed by atoms with van der Waals surface area (Å²) in [5.74, 6) is 1.34. The van der Waals surface area contributed by atoms with Crippen molar-refractivity contribution in [3.63, 3.8) is 0 Å².